The van der Waals surface area contributed by atoms with Gasteiger partial charge in [-0.2, -0.15) is 0 Å². The van der Waals surface area contributed by atoms with Gasteiger partial charge in [-0.05, 0) is 35.8 Å². The van der Waals surface area contributed by atoms with Gasteiger partial charge >= 0.3 is 0 Å². The number of allylic oxidation sites excluding steroid dienone is 2. The van der Waals surface area contributed by atoms with E-state index in [4.69, 9.17) is 12.2 Å². The largest absolute Gasteiger partial charge is 0.328 e. The second-order valence-electron chi connectivity index (χ2n) is 2.86. The Kier molecular flexibility index (Phi) is 2.94. The molecule has 0 aliphatic carbocycles. The summed E-state index contributed by atoms with van der Waals surface area (Å²) in [4.78, 5) is 12.4. The van der Waals surface area contributed by atoms with Crippen LogP contribution in [-0.4, -0.2) is 11.0 Å². The first-order valence-corrected chi connectivity index (χ1v) is 5.59. The lowest BCUT2D eigenvalue weighted by atomic mass is 10.3. The molecule has 0 spiro atoms. The van der Waals surface area contributed by atoms with Gasteiger partial charge in [0.1, 0.15) is 5.70 Å². The Morgan fingerprint density at radius 1 is 1.40 bits per heavy atom. The molecule has 1 saturated heterocycles. The van der Waals surface area contributed by atoms with Crippen LogP contribution in [0.1, 0.15) is 4.88 Å². The highest BCUT2D eigenvalue weighted by Crippen LogP contribution is 2.10. The molecule has 76 valence electrons. The van der Waals surface area contributed by atoms with E-state index in [1.54, 1.807) is 17.4 Å². The van der Waals surface area contributed by atoms with Crippen molar-refractivity contribution < 1.29 is 4.79 Å². The van der Waals surface area contributed by atoms with Crippen molar-refractivity contribution in [2.45, 2.75) is 0 Å². The van der Waals surface area contributed by atoms with Gasteiger partial charge < -0.3 is 5.32 Å². The quantitative estimate of drug-likeness (QED) is 0.606. The number of thiophene rings is 1. The van der Waals surface area contributed by atoms with Gasteiger partial charge in [-0.15, -0.1) is 11.3 Å². The fraction of sp³-hybridized carbons (Fsp3) is 0. The van der Waals surface area contributed by atoms with E-state index in [0.29, 0.717) is 10.8 Å². The van der Waals surface area contributed by atoms with Crippen molar-refractivity contribution in [3.63, 3.8) is 0 Å². The number of carbonyl (C=O) groups excluding carboxylic acids is 1. The molecule has 1 aromatic rings. The molecule has 2 N–H and O–H groups in total. The third-order valence-electron chi connectivity index (χ3n) is 1.79. The van der Waals surface area contributed by atoms with Gasteiger partial charge in [-0.3, -0.25) is 10.1 Å². The van der Waals surface area contributed by atoms with E-state index < -0.39 is 0 Å². The molecule has 3 nitrogen and oxygen atoms in total. The summed E-state index contributed by atoms with van der Waals surface area (Å²) in [5.41, 5.74) is 0.479. The minimum absolute atomic E-state index is 0.184. The molecule has 1 fully saturated rings. The van der Waals surface area contributed by atoms with Crippen molar-refractivity contribution in [2.24, 2.45) is 0 Å². The van der Waals surface area contributed by atoms with Crippen molar-refractivity contribution in [1.82, 2.24) is 10.6 Å². The maximum Gasteiger partial charge on any atom is 0.273 e. The van der Waals surface area contributed by atoms with E-state index in [-0.39, 0.29) is 5.91 Å². The first-order valence-electron chi connectivity index (χ1n) is 4.30. The average Bonchev–Trinajstić information content (AvgIpc) is 2.77. The third-order valence-corrected chi connectivity index (χ3v) is 2.83. The Morgan fingerprint density at radius 3 is 2.87 bits per heavy atom. The van der Waals surface area contributed by atoms with Gasteiger partial charge in [0, 0.05) is 4.88 Å². The number of amides is 1. The minimum Gasteiger partial charge on any atom is -0.328 e. The van der Waals surface area contributed by atoms with Crippen LogP contribution in [0.5, 0.6) is 0 Å². The Bertz CT molecular complexity index is 446. The van der Waals surface area contributed by atoms with Gasteiger partial charge in [0.15, 0.2) is 5.11 Å². The number of nitrogens with one attached hydrogen (secondary N) is 2. The molecular formula is C10H8N2OS2. The smallest absolute Gasteiger partial charge is 0.273 e. The number of carbonyl (C=O) groups is 1. The first-order chi connectivity index (χ1) is 7.25. The second kappa shape index (κ2) is 4.37. The summed E-state index contributed by atoms with van der Waals surface area (Å²) in [7, 11) is 0. The van der Waals surface area contributed by atoms with E-state index in [1.807, 2.05) is 29.7 Å². The van der Waals surface area contributed by atoms with Crippen LogP contribution >= 0.6 is 23.6 Å². The molecule has 0 unspecified atom stereocenters. The highest BCUT2D eigenvalue weighted by molar-refractivity contribution is 7.80. The molecule has 1 aromatic heterocycles. The summed E-state index contributed by atoms with van der Waals surface area (Å²) >= 11 is 6.44. The van der Waals surface area contributed by atoms with Gasteiger partial charge in [-0.1, -0.05) is 12.1 Å². The van der Waals surface area contributed by atoms with Crippen LogP contribution in [0.3, 0.4) is 0 Å². The van der Waals surface area contributed by atoms with E-state index in [2.05, 4.69) is 10.6 Å². The van der Waals surface area contributed by atoms with E-state index >= 15 is 0 Å². The molecule has 0 saturated carbocycles. The topological polar surface area (TPSA) is 41.1 Å². The molecule has 0 bridgehead atoms. The molecule has 0 radical (unpaired) electrons. The van der Waals surface area contributed by atoms with Crippen LogP contribution < -0.4 is 10.6 Å². The van der Waals surface area contributed by atoms with Crippen molar-refractivity contribution >= 4 is 40.7 Å². The number of hydrogen-bond donors (Lipinski definition) is 2. The summed E-state index contributed by atoms with van der Waals surface area (Å²) in [5, 5.41) is 7.62. The fourth-order valence-electron chi connectivity index (χ4n) is 1.12. The van der Waals surface area contributed by atoms with Gasteiger partial charge in [0.2, 0.25) is 0 Å². The van der Waals surface area contributed by atoms with Crippen LogP contribution in [0.15, 0.2) is 35.4 Å². The summed E-state index contributed by atoms with van der Waals surface area (Å²) < 4.78 is 0. The van der Waals surface area contributed by atoms with Crippen LogP contribution in [-0.2, 0) is 4.79 Å². The summed E-state index contributed by atoms with van der Waals surface area (Å²) in [6, 6.07) is 3.99. The molecule has 5 heteroatoms. The lowest BCUT2D eigenvalue weighted by Gasteiger charge is -1.89. The predicted octanol–water partition coefficient (Wildman–Crippen LogP) is 1.65. The van der Waals surface area contributed by atoms with E-state index in [1.165, 1.54) is 0 Å². The summed E-state index contributed by atoms with van der Waals surface area (Å²) in [6.07, 6.45) is 5.46. The monoisotopic (exact) mass is 236 g/mol. The van der Waals surface area contributed by atoms with E-state index in [0.717, 1.165) is 4.88 Å². The molecule has 15 heavy (non-hydrogen) atoms. The summed E-state index contributed by atoms with van der Waals surface area (Å²) in [5.74, 6) is -0.184. The Morgan fingerprint density at radius 2 is 2.27 bits per heavy atom. The zero-order chi connectivity index (χ0) is 10.7. The second-order valence-corrected chi connectivity index (χ2v) is 4.25. The van der Waals surface area contributed by atoms with Gasteiger partial charge in [-0.25, -0.2) is 0 Å². The normalized spacial score (nSPS) is 18.5. The third kappa shape index (κ3) is 2.51. The first kappa shape index (κ1) is 10.1. The highest BCUT2D eigenvalue weighted by Gasteiger charge is 2.18. The van der Waals surface area contributed by atoms with Crippen molar-refractivity contribution in [3.8, 4) is 0 Å². The molecule has 0 aromatic carbocycles. The van der Waals surface area contributed by atoms with Crippen molar-refractivity contribution in [2.75, 3.05) is 0 Å². The Hall–Kier alpha value is -1.46. The van der Waals surface area contributed by atoms with Crippen LogP contribution in [0.2, 0.25) is 0 Å². The van der Waals surface area contributed by atoms with Crippen LogP contribution in [0.4, 0.5) is 0 Å². The summed E-state index contributed by atoms with van der Waals surface area (Å²) in [6.45, 7) is 0. The molecular weight excluding hydrogens is 228 g/mol. The Balaban J connectivity index is 2.06. The molecule has 2 heterocycles. The van der Waals surface area contributed by atoms with Crippen LogP contribution in [0.25, 0.3) is 6.08 Å². The maximum absolute atomic E-state index is 11.2. The highest BCUT2D eigenvalue weighted by atomic mass is 32.1. The zero-order valence-corrected chi connectivity index (χ0v) is 9.32. The fourth-order valence-corrected chi connectivity index (χ4v) is 1.95. The lowest BCUT2D eigenvalue weighted by Crippen LogP contribution is -2.21. The van der Waals surface area contributed by atoms with Crippen molar-refractivity contribution in [3.05, 3.63) is 40.2 Å². The van der Waals surface area contributed by atoms with Gasteiger partial charge in [0.05, 0.1) is 0 Å². The number of rotatable bonds is 2. The minimum atomic E-state index is -0.184. The zero-order valence-electron chi connectivity index (χ0n) is 7.69. The van der Waals surface area contributed by atoms with E-state index in [9.17, 15) is 4.79 Å². The molecule has 2 rings (SSSR count). The molecule has 1 aliphatic rings. The number of hydrogen-bond acceptors (Lipinski definition) is 3. The standard InChI is InChI=1S/C10H8N2OS2/c13-9-8(11-10(14)12-9)5-1-3-7-4-2-6-15-7/h1-6H,(H2,11,12,13,14)/b3-1+,8-5-. The SMILES string of the molecule is O=C1NC(=S)N/C1=C\C=C\c1cccs1. The lowest BCUT2D eigenvalue weighted by molar-refractivity contribution is -0.115. The average molecular weight is 236 g/mol. The van der Waals surface area contributed by atoms with Crippen LogP contribution in [0, 0.1) is 0 Å². The van der Waals surface area contributed by atoms with Crippen molar-refractivity contribution in [1.29, 1.82) is 0 Å². The number of thiocarbonyl (C=S) groups is 1. The molecule has 1 amide bonds. The Labute approximate surface area is 96.5 Å². The predicted molar refractivity (Wildman–Crippen MR) is 65.3 cm³/mol. The molecule has 0 atom stereocenters. The van der Waals surface area contributed by atoms with Gasteiger partial charge in [0.25, 0.3) is 5.91 Å². The molecule has 1 aliphatic heterocycles. The maximum atomic E-state index is 11.2.